The number of carboxylic acid groups (broad SMARTS) is 1. The molecule has 1 N–H and O–H groups in total. The van der Waals surface area contributed by atoms with Crippen LogP contribution in [-0.2, 0) is 9.59 Å². The molecule has 1 aromatic carbocycles. The molecule has 1 saturated carbocycles. The van der Waals surface area contributed by atoms with E-state index in [0.717, 1.165) is 29.2 Å². The summed E-state index contributed by atoms with van der Waals surface area (Å²) in [4.78, 5) is 27.2. The molecule has 0 atom stereocenters. The van der Waals surface area contributed by atoms with Gasteiger partial charge in [0.05, 0.1) is 11.1 Å². The Kier molecular flexibility index (Phi) is 3.93. The number of amides is 1. The zero-order chi connectivity index (χ0) is 14.9. The van der Waals surface area contributed by atoms with Gasteiger partial charge in [0, 0.05) is 23.6 Å². The first-order valence-electron chi connectivity index (χ1n) is 7.38. The number of carbonyl (C=O) groups excluding carboxylic acids is 1. The van der Waals surface area contributed by atoms with Crippen LogP contribution < -0.4 is 4.90 Å². The third-order valence-electron chi connectivity index (χ3n) is 4.53. The Morgan fingerprint density at radius 2 is 1.95 bits per heavy atom. The van der Waals surface area contributed by atoms with Gasteiger partial charge in [0.2, 0.25) is 5.91 Å². The largest absolute Gasteiger partial charge is 0.481 e. The van der Waals surface area contributed by atoms with Crippen LogP contribution in [0.15, 0.2) is 29.2 Å². The molecule has 1 fully saturated rings. The predicted molar refractivity (Wildman–Crippen MR) is 82.7 cm³/mol. The molecule has 1 aliphatic carbocycles. The molecular formula is C16H19NO3S. The van der Waals surface area contributed by atoms with Crippen LogP contribution in [0.5, 0.6) is 0 Å². The summed E-state index contributed by atoms with van der Waals surface area (Å²) in [6, 6.07) is 7.85. The summed E-state index contributed by atoms with van der Waals surface area (Å²) in [7, 11) is 0. The Labute approximate surface area is 128 Å². The van der Waals surface area contributed by atoms with E-state index in [4.69, 9.17) is 0 Å². The average molecular weight is 305 g/mol. The van der Waals surface area contributed by atoms with Crippen LogP contribution in [-0.4, -0.2) is 29.3 Å². The number of anilines is 1. The lowest BCUT2D eigenvalue weighted by Gasteiger charge is -2.32. The number of hydrogen-bond donors (Lipinski definition) is 1. The number of rotatable bonds is 3. The molecule has 5 heteroatoms. The van der Waals surface area contributed by atoms with E-state index >= 15 is 0 Å². The Morgan fingerprint density at radius 1 is 1.24 bits per heavy atom. The number of benzene rings is 1. The molecule has 0 radical (unpaired) electrons. The number of hydrogen-bond acceptors (Lipinski definition) is 3. The first kappa shape index (κ1) is 14.4. The Morgan fingerprint density at radius 3 is 2.67 bits per heavy atom. The van der Waals surface area contributed by atoms with Crippen LogP contribution >= 0.6 is 11.8 Å². The number of carbonyl (C=O) groups is 2. The number of aliphatic carboxylic acids is 1. The zero-order valence-corrected chi connectivity index (χ0v) is 12.7. The van der Waals surface area contributed by atoms with Crippen molar-refractivity contribution in [2.75, 3.05) is 17.2 Å². The minimum atomic E-state index is -0.837. The summed E-state index contributed by atoms with van der Waals surface area (Å²) < 4.78 is 0. The molecule has 21 heavy (non-hydrogen) atoms. The highest BCUT2D eigenvalue weighted by Gasteiger charge is 2.44. The highest BCUT2D eigenvalue weighted by molar-refractivity contribution is 7.99. The monoisotopic (exact) mass is 305 g/mol. The van der Waals surface area contributed by atoms with Crippen molar-refractivity contribution < 1.29 is 14.7 Å². The van der Waals surface area contributed by atoms with Crippen molar-refractivity contribution in [3.05, 3.63) is 24.3 Å². The molecule has 4 nitrogen and oxygen atoms in total. The maximum Gasteiger partial charge on any atom is 0.310 e. The van der Waals surface area contributed by atoms with E-state index in [1.54, 1.807) is 16.7 Å². The molecule has 0 aromatic heterocycles. The van der Waals surface area contributed by atoms with Crippen molar-refractivity contribution in [2.45, 2.75) is 37.0 Å². The van der Waals surface area contributed by atoms with E-state index in [-0.39, 0.29) is 12.3 Å². The summed E-state index contributed by atoms with van der Waals surface area (Å²) >= 11 is 1.75. The first-order valence-corrected chi connectivity index (χ1v) is 8.37. The maximum atomic E-state index is 12.7. The van der Waals surface area contributed by atoms with Crippen LogP contribution in [0.4, 0.5) is 5.69 Å². The number of fused-ring (bicyclic) bond motifs is 1. The molecule has 2 aliphatic rings. The van der Waals surface area contributed by atoms with E-state index in [1.165, 1.54) is 0 Å². The average Bonchev–Trinajstić information content (AvgIpc) is 2.96. The van der Waals surface area contributed by atoms with Gasteiger partial charge in [-0.15, -0.1) is 11.8 Å². The second kappa shape index (κ2) is 5.72. The van der Waals surface area contributed by atoms with Gasteiger partial charge in [-0.05, 0) is 25.0 Å². The maximum absolute atomic E-state index is 12.7. The Balaban J connectivity index is 1.82. The molecule has 1 heterocycles. The summed E-state index contributed by atoms with van der Waals surface area (Å²) in [5.74, 6) is 0.00287. The van der Waals surface area contributed by atoms with Gasteiger partial charge in [0.1, 0.15) is 0 Å². The van der Waals surface area contributed by atoms with Gasteiger partial charge in [-0.3, -0.25) is 9.59 Å². The molecule has 1 aliphatic heterocycles. The lowest BCUT2D eigenvalue weighted by molar-refractivity contribution is -0.151. The fourth-order valence-corrected chi connectivity index (χ4v) is 4.33. The minimum absolute atomic E-state index is 0.0490. The lowest BCUT2D eigenvalue weighted by atomic mass is 9.82. The standard InChI is InChI=1S/C16H19NO3S/c18-14(11-16(15(19)20)7-3-4-8-16)17-9-10-21-13-6-2-1-5-12(13)17/h1-2,5-6H,3-4,7-11H2,(H,19,20). The number of carboxylic acids is 1. The first-order chi connectivity index (χ1) is 10.1. The van der Waals surface area contributed by atoms with Crippen molar-refractivity contribution in [3.8, 4) is 0 Å². The summed E-state index contributed by atoms with van der Waals surface area (Å²) in [5, 5.41) is 9.53. The second-order valence-electron chi connectivity index (χ2n) is 5.83. The normalized spacial score (nSPS) is 20.1. The summed E-state index contributed by atoms with van der Waals surface area (Å²) in [6.45, 7) is 0.663. The van der Waals surface area contributed by atoms with Gasteiger partial charge in [-0.1, -0.05) is 25.0 Å². The topological polar surface area (TPSA) is 57.6 Å². The van der Waals surface area contributed by atoms with Gasteiger partial charge in [-0.25, -0.2) is 0 Å². The van der Waals surface area contributed by atoms with Crippen LogP contribution in [0.25, 0.3) is 0 Å². The predicted octanol–water partition coefficient (Wildman–Crippen LogP) is 3.16. The van der Waals surface area contributed by atoms with Crippen molar-refractivity contribution >= 4 is 29.3 Å². The highest BCUT2D eigenvalue weighted by Crippen LogP contribution is 2.43. The van der Waals surface area contributed by atoms with Gasteiger partial charge >= 0.3 is 5.97 Å². The van der Waals surface area contributed by atoms with E-state index in [0.29, 0.717) is 19.4 Å². The molecule has 1 amide bonds. The Bertz CT molecular complexity index is 566. The summed E-state index contributed by atoms with van der Waals surface area (Å²) in [6.07, 6.45) is 3.19. The second-order valence-corrected chi connectivity index (χ2v) is 6.97. The fraction of sp³-hybridized carbons (Fsp3) is 0.500. The fourth-order valence-electron chi connectivity index (χ4n) is 3.33. The van der Waals surface area contributed by atoms with Gasteiger partial charge in [0.25, 0.3) is 0 Å². The van der Waals surface area contributed by atoms with E-state index in [2.05, 4.69) is 0 Å². The number of thioether (sulfide) groups is 1. The van der Waals surface area contributed by atoms with Crippen LogP contribution in [0.2, 0.25) is 0 Å². The van der Waals surface area contributed by atoms with Crippen LogP contribution in [0.3, 0.4) is 0 Å². The molecule has 0 bridgehead atoms. The van der Waals surface area contributed by atoms with E-state index in [9.17, 15) is 14.7 Å². The Hall–Kier alpha value is -1.49. The molecule has 0 spiro atoms. The molecule has 0 unspecified atom stereocenters. The van der Waals surface area contributed by atoms with Crippen molar-refractivity contribution in [1.29, 1.82) is 0 Å². The summed E-state index contributed by atoms with van der Waals surface area (Å²) in [5.41, 5.74) is 0.0914. The third kappa shape index (κ3) is 2.67. The molecule has 112 valence electrons. The van der Waals surface area contributed by atoms with Gasteiger partial charge < -0.3 is 10.0 Å². The van der Waals surface area contributed by atoms with Crippen LogP contribution in [0, 0.1) is 5.41 Å². The smallest absolute Gasteiger partial charge is 0.310 e. The SMILES string of the molecule is O=C(CC1(C(=O)O)CCCC1)N1CCSc2ccccc21. The zero-order valence-electron chi connectivity index (χ0n) is 11.9. The molecular weight excluding hydrogens is 286 g/mol. The van der Waals surface area contributed by atoms with Crippen molar-refractivity contribution in [2.24, 2.45) is 5.41 Å². The van der Waals surface area contributed by atoms with E-state index < -0.39 is 11.4 Å². The third-order valence-corrected chi connectivity index (χ3v) is 5.58. The van der Waals surface area contributed by atoms with Crippen molar-refractivity contribution in [1.82, 2.24) is 0 Å². The van der Waals surface area contributed by atoms with E-state index in [1.807, 2.05) is 24.3 Å². The number of nitrogens with zero attached hydrogens (tertiary/aromatic N) is 1. The van der Waals surface area contributed by atoms with Crippen LogP contribution in [0.1, 0.15) is 32.1 Å². The molecule has 0 saturated heterocycles. The number of para-hydroxylation sites is 1. The highest BCUT2D eigenvalue weighted by atomic mass is 32.2. The molecule has 3 rings (SSSR count). The molecule has 1 aromatic rings. The lowest BCUT2D eigenvalue weighted by Crippen LogP contribution is -2.40. The quantitative estimate of drug-likeness (QED) is 0.932. The van der Waals surface area contributed by atoms with Gasteiger partial charge in [0.15, 0.2) is 0 Å². The van der Waals surface area contributed by atoms with Crippen molar-refractivity contribution in [3.63, 3.8) is 0 Å². The van der Waals surface area contributed by atoms with Gasteiger partial charge in [-0.2, -0.15) is 0 Å². The minimum Gasteiger partial charge on any atom is -0.481 e.